The molecule has 0 N–H and O–H groups in total. The molecule has 5 nitrogen and oxygen atoms in total. The van der Waals surface area contributed by atoms with Gasteiger partial charge >= 0.3 is 0 Å². The van der Waals surface area contributed by atoms with Crippen molar-refractivity contribution in [3.8, 4) is 17.2 Å². The highest BCUT2D eigenvalue weighted by atomic mass is 16.5. The lowest BCUT2D eigenvalue weighted by molar-refractivity contribution is -0.130. The maximum atomic E-state index is 12.8. The third-order valence-corrected chi connectivity index (χ3v) is 4.33. The number of rotatable bonds is 8. The average molecular weight is 357 g/mol. The van der Waals surface area contributed by atoms with E-state index in [0.717, 1.165) is 22.4 Å². The van der Waals surface area contributed by atoms with Gasteiger partial charge in [0, 0.05) is 18.7 Å². The second-order valence-corrected chi connectivity index (χ2v) is 6.09. The van der Waals surface area contributed by atoms with Crippen LogP contribution in [0.15, 0.2) is 36.4 Å². The predicted octanol–water partition coefficient (Wildman–Crippen LogP) is 3.61. The van der Waals surface area contributed by atoms with Crippen LogP contribution in [-0.4, -0.2) is 38.7 Å². The molecule has 0 atom stereocenters. The van der Waals surface area contributed by atoms with Crippen LogP contribution in [0.25, 0.3) is 0 Å². The molecule has 26 heavy (non-hydrogen) atoms. The fraction of sp³-hybridized carbons (Fsp3) is 0.381. The normalized spacial score (nSPS) is 10.3. The second-order valence-electron chi connectivity index (χ2n) is 6.09. The van der Waals surface area contributed by atoms with Gasteiger partial charge in [0.1, 0.15) is 5.75 Å². The van der Waals surface area contributed by atoms with E-state index >= 15 is 0 Å². The van der Waals surface area contributed by atoms with Crippen molar-refractivity contribution < 1.29 is 19.0 Å². The van der Waals surface area contributed by atoms with Crippen LogP contribution >= 0.6 is 0 Å². The van der Waals surface area contributed by atoms with Crippen molar-refractivity contribution in [1.29, 1.82) is 0 Å². The number of methoxy groups -OCH3 is 3. The van der Waals surface area contributed by atoms with E-state index in [4.69, 9.17) is 14.2 Å². The summed E-state index contributed by atoms with van der Waals surface area (Å²) in [5, 5.41) is 0. The molecule has 0 spiro atoms. The Morgan fingerprint density at radius 2 is 1.58 bits per heavy atom. The number of nitrogens with zero attached hydrogens (tertiary/aromatic N) is 1. The van der Waals surface area contributed by atoms with Gasteiger partial charge in [0.05, 0.1) is 27.8 Å². The van der Waals surface area contributed by atoms with Gasteiger partial charge in [-0.3, -0.25) is 4.79 Å². The number of aryl methyl sites for hydroxylation is 1. The van der Waals surface area contributed by atoms with E-state index in [1.54, 1.807) is 21.3 Å². The van der Waals surface area contributed by atoms with Gasteiger partial charge in [-0.25, -0.2) is 0 Å². The summed E-state index contributed by atoms with van der Waals surface area (Å²) in [5.74, 6) is 2.14. The molecule has 0 aliphatic carbocycles. The summed E-state index contributed by atoms with van der Waals surface area (Å²) in [6.07, 6.45) is 0.311. The molecule has 0 saturated heterocycles. The third kappa shape index (κ3) is 4.69. The van der Waals surface area contributed by atoms with Crippen LogP contribution in [0, 0.1) is 6.92 Å². The highest BCUT2D eigenvalue weighted by Crippen LogP contribution is 2.28. The number of ether oxygens (including phenoxy) is 3. The monoisotopic (exact) mass is 357 g/mol. The molecule has 2 aromatic rings. The number of amides is 1. The van der Waals surface area contributed by atoms with Crippen LogP contribution in [0.3, 0.4) is 0 Å². The summed E-state index contributed by atoms with van der Waals surface area (Å²) in [7, 11) is 4.84. The molecule has 2 rings (SSSR count). The molecule has 0 aliphatic rings. The Kier molecular flexibility index (Phi) is 6.89. The van der Waals surface area contributed by atoms with Crippen molar-refractivity contribution in [2.45, 2.75) is 26.8 Å². The minimum Gasteiger partial charge on any atom is -0.496 e. The van der Waals surface area contributed by atoms with Crippen molar-refractivity contribution in [3.63, 3.8) is 0 Å². The number of hydrogen-bond donors (Lipinski definition) is 0. The third-order valence-electron chi connectivity index (χ3n) is 4.33. The molecule has 0 unspecified atom stereocenters. The summed E-state index contributed by atoms with van der Waals surface area (Å²) >= 11 is 0. The van der Waals surface area contributed by atoms with Gasteiger partial charge in [-0.05, 0) is 37.6 Å². The fourth-order valence-corrected chi connectivity index (χ4v) is 2.90. The molecule has 0 aromatic heterocycles. The molecular weight excluding hydrogens is 330 g/mol. The molecule has 0 saturated carbocycles. The summed E-state index contributed by atoms with van der Waals surface area (Å²) < 4.78 is 16.0. The Hall–Kier alpha value is -2.69. The molecule has 0 aliphatic heterocycles. The van der Waals surface area contributed by atoms with Crippen molar-refractivity contribution >= 4 is 5.91 Å². The molecule has 1 amide bonds. The number of benzene rings is 2. The molecule has 0 bridgehead atoms. The molecule has 140 valence electrons. The van der Waals surface area contributed by atoms with E-state index in [-0.39, 0.29) is 5.91 Å². The van der Waals surface area contributed by atoms with Crippen LogP contribution in [0.5, 0.6) is 17.2 Å². The van der Waals surface area contributed by atoms with Gasteiger partial charge in [0.15, 0.2) is 11.5 Å². The second kappa shape index (κ2) is 9.13. The molecule has 0 heterocycles. The standard InChI is InChI=1S/C21H27NO4/c1-6-22(14-16-8-10-19(25-4)20(12-16)26-5)21(23)13-17-11-15(2)7-9-18(17)24-3/h7-12H,6,13-14H2,1-5H3. The van der Waals surface area contributed by atoms with Crippen LogP contribution in [-0.2, 0) is 17.8 Å². The first-order chi connectivity index (χ1) is 12.5. The number of carbonyl (C=O) groups excluding carboxylic acids is 1. The lowest BCUT2D eigenvalue weighted by Crippen LogP contribution is -2.31. The predicted molar refractivity (Wildman–Crippen MR) is 102 cm³/mol. The van der Waals surface area contributed by atoms with Crippen LogP contribution in [0.4, 0.5) is 0 Å². The summed E-state index contributed by atoms with van der Waals surface area (Å²) in [4.78, 5) is 14.6. The first-order valence-electron chi connectivity index (χ1n) is 8.64. The average Bonchev–Trinajstić information content (AvgIpc) is 2.65. The van der Waals surface area contributed by atoms with Gasteiger partial charge in [-0.2, -0.15) is 0 Å². The first kappa shape index (κ1) is 19.6. The largest absolute Gasteiger partial charge is 0.496 e. The Balaban J connectivity index is 2.15. The Morgan fingerprint density at radius 3 is 2.19 bits per heavy atom. The maximum absolute atomic E-state index is 12.8. The molecule has 0 radical (unpaired) electrons. The van der Waals surface area contributed by atoms with E-state index in [2.05, 4.69) is 0 Å². The Labute approximate surface area is 155 Å². The Bertz CT molecular complexity index is 758. The maximum Gasteiger partial charge on any atom is 0.227 e. The zero-order valence-electron chi connectivity index (χ0n) is 16.2. The smallest absolute Gasteiger partial charge is 0.227 e. The number of carbonyl (C=O) groups is 1. The SMILES string of the molecule is CCN(Cc1ccc(OC)c(OC)c1)C(=O)Cc1cc(C)ccc1OC. The van der Waals surface area contributed by atoms with Gasteiger partial charge in [0.25, 0.3) is 0 Å². The molecule has 0 fully saturated rings. The fourth-order valence-electron chi connectivity index (χ4n) is 2.90. The summed E-state index contributed by atoms with van der Waals surface area (Å²) in [5.41, 5.74) is 3.01. The number of likely N-dealkylation sites (N-methyl/N-ethyl adjacent to an activating group) is 1. The topological polar surface area (TPSA) is 48.0 Å². The van der Waals surface area contributed by atoms with E-state index in [1.807, 2.05) is 55.1 Å². The van der Waals surface area contributed by atoms with E-state index in [9.17, 15) is 4.79 Å². The minimum absolute atomic E-state index is 0.0613. The summed E-state index contributed by atoms with van der Waals surface area (Å²) in [6.45, 7) is 5.13. The summed E-state index contributed by atoms with van der Waals surface area (Å²) in [6, 6.07) is 11.6. The van der Waals surface area contributed by atoms with E-state index < -0.39 is 0 Å². The van der Waals surface area contributed by atoms with Gasteiger partial charge in [-0.15, -0.1) is 0 Å². The van der Waals surface area contributed by atoms with Crippen LogP contribution in [0.2, 0.25) is 0 Å². The van der Waals surface area contributed by atoms with Gasteiger partial charge in [-0.1, -0.05) is 23.8 Å². The number of hydrogen-bond acceptors (Lipinski definition) is 4. The first-order valence-corrected chi connectivity index (χ1v) is 8.64. The van der Waals surface area contributed by atoms with Crippen molar-refractivity contribution in [1.82, 2.24) is 4.90 Å². The zero-order chi connectivity index (χ0) is 19.1. The van der Waals surface area contributed by atoms with E-state index in [0.29, 0.717) is 31.0 Å². The van der Waals surface area contributed by atoms with Crippen LogP contribution in [0.1, 0.15) is 23.6 Å². The van der Waals surface area contributed by atoms with Crippen molar-refractivity contribution in [2.24, 2.45) is 0 Å². The molecular formula is C21H27NO4. The van der Waals surface area contributed by atoms with Crippen molar-refractivity contribution in [2.75, 3.05) is 27.9 Å². The lowest BCUT2D eigenvalue weighted by atomic mass is 10.1. The van der Waals surface area contributed by atoms with Gasteiger partial charge < -0.3 is 19.1 Å². The van der Waals surface area contributed by atoms with Crippen LogP contribution < -0.4 is 14.2 Å². The molecule has 5 heteroatoms. The lowest BCUT2D eigenvalue weighted by Gasteiger charge is -2.22. The highest BCUT2D eigenvalue weighted by Gasteiger charge is 2.16. The quantitative estimate of drug-likeness (QED) is 0.724. The molecule has 2 aromatic carbocycles. The van der Waals surface area contributed by atoms with Gasteiger partial charge in [0.2, 0.25) is 5.91 Å². The van der Waals surface area contributed by atoms with E-state index in [1.165, 1.54) is 0 Å². The Morgan fingerprint density at radius 1 is 0.923 bits per heavy atom. The van der Waals surface area contributed by atoms with Crippen molar-refractivity contribution in [3.05, 3.63) is 53.1 Å². The highest BCUT2D eigenvalue weighted by molar-refractivity contribution is 5.79. The minimum atomic E-state index is 0.0613. The zero-order valence-corrected chi connectivity index (χ0v) is 16.2.